The Balaban J connectivity index is 2.07. The van der Waals surface area contributed by atoms with E-state index in [0.717, 1.165) is 16.6 Å². The lowest BCUT2D eigenvalue weighted by atomic mass is 10.1. The van der Waals surface area contributed by atoms with Crippen molar-refractivity contribution in [3.63, 3.8) is 0 Å². The molecule has 2 heterocycles. The zero-order valence-corrected chi connectivity index (χ0v) is 11.3. The van der Waals surface area contributed by atoms with E-state index in [9.17, 15) is 4.79 Å². The lowest BCUT2D eigenvalue weighted by molar-refractivity contribution is -0.141. The highest BCUT2D eigenvalue weighted by Crippen LogP contribution is 2.31. The Kier molecular flexibility index (Phi) is 3.28. The minimum atomic E-state index is -0.319. The van der Waals surface area contributed by atoms with E-state index >= 15 is 0 Å². The van der Waals surface area contributed by atoms with E-state index in [-0.39, 0.29) is 18.1 Å². The first kappa shape index (κ1) is 12.9. The molecule has 2 N–H and O–H groups in total. The predicted molar refractivity (Wildman–Crippen MR) is 77.5 cm³/mol. The quantitative estimate of drug-likeness (QED) is 0.834. The molecule has 0 radical (unpaired) electrons. The fourth-order valence-corrected chi connectivity index (χ4v) is 2.83. The van der Waals surface area contributed by atoms with E-state index in [2.05, 4.69) is 4.98 Å². The number of benzene rings is 1. The molecule has 1 aliphatic rings. The van der Waals surface area contributed by atoms with Gasteiger partial charge in [-0.05, 0) is 18.6 Å². The Labute approximate surface area is 117 Å². The van der Waals surface area contributed by atoms with Crippen molar-refractivity contribution in [3.05, 3.63) is 36.5 Å². The van der Waals surface area contributed by atoms with Crippen LogP contribution < -0.4 is 10.6 Å². The molecule has 0 saturated carbocycles. The maximum atomic E-state index is 11.9. The molecule has 5 heteroatoms. The number of nitrogens with two attached hydrogens (primary N) is 1. The van der Waals surface area contributed by atoms with Gasteiger partial charge in [0.1, 0.15) is 6.04 Å². The summed E-state index contributed by atoms with van der Waals surface area (Å²) in [6.45, 7) is 0.647. The normalized spacial score (nSPS) is 22.2. The van der Waals surface area contributed by atoms with E-state index in [0.29, 0.717) is 13.0 Å². The van der Waals surface area contributed by atoms with Crippen LogP contribution in [0.5, 0.6) is 0 Å². The third-order valence-corrected chi connectivity index (χ3v) is 3.74. The van der Waals surface area contributed by atoms with E-state index in [1.165, 1.54) is 7.11 Å². The summed E-state index contributed by atoms with van der Waals surface area (Å²) in [5.41, 5.74) is 7.92. The fraction of sp³-hybridized carbons (Fsp3) is 0.333. The Bertz CT molecular complexity index is 639. The van der Waals surface area contributed by atoms with Crippen LogP contribution in [0.1, 0.15) is 6.42 Å². The number of methoxy groups -OCH3 is 1. The molecule has 3 rings (SSSR count). The summed E-state index contributed by atoms with van der Waals surface area (Å²) in [6.07, 6.45) is 2.37. The third-order valence-electron chi connectivity index (χ3n) is 3.74. The van der Waals surface area contributed by atoms with Crippen molar-refractivity contribution < 1.29 is 9.53 Å². The van der Waals surface area contributed by atoms with Gasteiger partial charge in [0.05, 0.1) is 12.6 Å². The molecular formula is C15H17N3O2. The van der Waals surface area contributed by atoms with Crippen molar-refractivity contribution >= 4 is 22.6 Å². The highest BCUT2D eigenvalue weighted by atomic mass is 16.5. The van der Waals surface area contributed by atoms with Crippen LogP contribution in [0.15, 0.2) is 36.5 Å². The summed E-state index contributed by atoms with van der Waals surface area (Å²) in [7, 11) is 1.41. The molecule has 1 aromatic heterocycles. The van der Waals surface area contributed by atoms with E-state index in [1.54, 1.807) is 6.20 Å². The number of rotatable bonds is 2. The second-order valence-electron chi connectivity index (χ2n) is 5.03. The number of fused-ring (bicyclic) bond motifs is 1. The van der Waals surface area contributed by atoms with Crippen molar-refractivity contribution in [1.82, 2.24) is 4.98 Å². The summed E-state index contributed by atoms with van der Waals surface area (Å²) in [6, 6.07) is 9.48. The highest BCUT2D eigenvalue weighted by Gasteiger charge is 2.36. The van der Waals surface area contributed by atoms with Crippen LogP contribution in [0.25, 0.3) is 10.9 Å². The average Bonchev–Trinajstić information content (AvgIpc) is 2.87. The van der Waals surface area contributed by atoms with Gasteiger partial charge in [0.25, 0.3) is 0 Å². The summed E-state index contributed by atoms with van der Waals surface area (Å²) in [5.74, 6) is -0.237. The zero-order valence-electron chi connectivity index (χ0n) is 11.3. The molecular weight excluding hydrogens is 254 g/mol. The fourth-order valence-electron chi connectivity index (χ4n) is 2.83. The number of anilines is 1. The Morgan fingerprint density at radius 3 is 3.00 bits per heavy atom. The van der Waals surface area contributed by atoms with Gasteiger partial charge in [-0.15, -0.1) is 0 Å². The van der Waals surface area contributed by atoms with Gasteiger partial charge in [-0.25, -0.2) is 4.79 Å². The number of esters is 1. The van der Waals surface area contributed by atoms with Crippen LogP contribution in [0.4, 0.5) is 5.69 Å². The molecule has 2 atom stereocenters. The molecule has 0 spiro atoms. The maximum absolute atomic E-state index is 11.9. The molecule has 1 aromatic carbocycles. The van der Waals surface area contributed by atoms with Crippen molar-refractivity contribution in [2.24, 2.45) is 5.73 Å². The third kappa shape index (κ3) is 2.10. The van der Waals surface area contributed by atoms with Crippen molar-refractivity contribution in [2.75, 3.05) is 18.6 Å². The number of pyridine rings is 1. The highest BCUT2D eigenvalue weighted by molar-refractivity contribution is 5.94. The first-order valence-corrected chi connectivity index (χ1v) is 6.64. The number of carbonyl (C=O) groups excluding carboxylic acids is 1. The van der Waals surface area contributed by atoms with Gasteiger partial charge in [-0.1, -0.05) is 18.2 Å². The van der Waals surface area contributed by atoms with E-state index < -0.39 is 0 Å². The predicted octanol–water partition coefficient (Wildman–Crippen LogP) is 1.31. The topological polar surface area (TPSA) is 68.5 Å². The van der Waals surface area contributed by atoms with E-state index in [1.807, 2.05) is 35.2 Å². The van der Waals surface area contributed by atoms with Crippen molar-refractivity contribution in [2.45, 2.75) is 18.5 Å². The van der Waals surface area contributed by atoms with Crippen LogP contribution in [0, 0.1) is 0 Å². The smallest absolute Gasteiger partial charge is 0.328 e. The van der Waals surface area contributed by atoms with Gasteiger partial charge in [0, 0.05) is 29.9 Å². The van der Waals surface area contributed by atoms with Gasteiger partial charge in [-0.2, -0.15) is 0 Å². The Hall–Kier alpha value is -2.14. The van der Waals surface area contributed by atoms with Gasteiger partial charge in [-0.3, -0.25) is 4.98 Å². The zero-order chi connectivity index (χ0) is 14.1. The first-order valence-electron chi connectivity index (χ1n) is 6.64. The molecule has 104 valence electrons. The van der Waals surface area contributed by atoms with Crippen molar-refractivity contribution in [3.8, 4) is 0 Å². The Morgan fingerprint density at radius 2 is 2.20 bits per heavy atom. The number of hydrogen-bond donors (Lipinski definition) is 1. The van der Waals surface area contributed by atoms with Gasteiger partial charge in [0.2, 0.25) is 0 Å². The first-order chi connectivity index (χ1) is 9.70. The van der Waals surface area contributed by atoms with Crippen LogP contribution in [-0.4, -0.2) is 36.7 Å². The summed E-state index contributed by atoms with van der Waals surface area (Å²) < 4.78 is 4.89. The van der Waals surface area contributed by atoms with Gasteiger partial charge >= 0.3 is 5.97 Å². The number of aromatic nitrogens is 1. The SMILES string of the molecule is COC(=O)[C@@H]1C[C@H](N)CN1c1ccnc2ccccc12. The molecule has 1 saturated heterocycles. The standard InChI is InChI=1S/C15H17N3O2/c1-20-15(19)14-8-10(16)9-18(14)13-6-7-17-12-5-3-2-4-11(12)13/h2-7,10,14H,8-9,16H2,1H3/t10-,14-/m0/s1. The monoisotopic (exact) mass is 271 g/mol. The summed E-state index contributed by atoms with van der Waals surface area (Å²) >= 11 is 0. The molecule has 0 amide bonds. The largest absolute Gasteiger partial charge is 0.467 e. The van der Waals surface area contributed by atoms with E-state index in [4.69, 9.17) is 10.5 Å². The molecule has 2 aromatic rings. The second-order valence-corrected chi connectivity index (χ2v) is 5.03. The van der Waals surface area contributed by atoms with Crippen LogP contribution in [0.3, 0.4) is 0 Å². The number of carbonyl (C=O) groups is 1. The lowest BCUT2D eigenvalue weighted by Crippen LogP contribution is -2.37. The van der Waals surface area contributed by atoms with Crippen LogP contribution in [0.2, 0.25) is 0 Å². The minimum Gasteiger partial charge on any atom is -0.467 e. The van der Waals surface area contributed by atoms with Crippen LogP contribution >= 0.6 is 0 Å². The molecule has 0 bridgehead atoms. The van der Waals surface area contributed by atoms with Crippen LogP contribution in [-0.2, 0) is 9.53 Å². The minimum absolute atomic E-state index is 0.0222. The van der Waals surface area contributed by atoms with Crippen molar-refractivity contribution in [1.29, 1.82) is 0 Å². The summed E-state index contributed by atoms with van der Waals surface area (Å²) in [4.78, 5) is 18.3. The molecule has 1 aliphatic heterocycles. The molecule has 0 unspecified atom stereocenters. The lowest BCUT2D eigenvalue weighted by Gasteiger charge is -2.25. The number of nitrogens with zero attached hydrogens (tertiary/aromatic N) is 2. The molecule has 5 nitrogen and oxygen atoms in total. The molecule has 0 aliphatic carbocycles. The van der Waals surface area contributed by atoms with Gasteiger partial charge in [0.15, 0.2) is 0 Å². The summed E-state index contributed by atoms with van der Waals surface area (Å²) in [5, 5.41) is 1.03. The molecule has 20 heavy (non-hydrogen) atoms. The molecule has 1 fully saturated rings. The Morgan fingerprint density at radius 1 is 1.40 bits per heavy atom. The second kappa shape index (κ2) is 5.09. The maximum Gasteiger partial charge on any atom is 0.328 e. The van der Waals surface area contributed by atoms with Gasteiger partial charge < -0.3 is 15.4 Å². The number of ether oxygens (including phenoxy) is 1. The average molecular weight is 271 g/mol. The number of hydrogen-bond acceptors (Lipinski definition) is 5. The number of para-hydroxylation sites is 1.